The molecule has 1 heterocycles. The van der Waals surface area contributed by atoms with E-state index in [4.69, 9.17) is 9.73 Å². The molecule has 0 bridgehead atoms. The molecule has 0 aliphatic carbocycles. The van der Waals surface area contributed by atoms with Crippen LogP contribution in [0.2, 0.25) is 0 Å². The van der Waals surface area contributed by atoms with Gasteiger partial charge < -0.3 is 10.1 Å². The lowest BCUT2D eigenvalue weighted by Gasteiger charge is -2.33. The number of nitrogens with one attached hydrogen (secondary N) is 1. The van der Waals surface area contributed by atoms with Crippen molar-refractivity contribution in [2.24, 2.45) is 10.4 Å². The Morgan fingerprint density at radius 3 is 2.76 bits per heavy atom. The van der Waals surface area contributed by atoms with Crippen molar-refractivity contribution < 1.29 is 4.74 Å². The molecule has 3 nitrogen and oxygen atoms in total. The van der Waals surface area contributed by atoms with E-state index < -0.39 is 0 Å². The number of ether oxygens (including phenoxy) is 1. The van der Waals surface area contributed by atoms with Crippen molar-refractivity contribution in [3.8, 4) is 5.75 Å². The van der Waals surface area contributed by atoms with Crippen LogP contribution in [0, 0.1) is 12.3 Å². The Morgan fingerprint density at radius 1 is 1.33 bits per heavy atom. The van der Waals surface area contributed by atoms with Crippen LogP contribution in [0.5, 0.6) is 5.75 Å². The summed E-state index contributed by atoms with van der Waals surface area (Å²) in [6, 6.07) is 8.15. The summed E-state index contributed by atoms with van der Waals surface area (Å²) >= 11 is 1.85. The molecule has 0 aromatic heterocycles. The summed E-state index contributed by atoms with van der Waals surface area (Å²) in [5.41, 5.74) is 1.64. The normalized spacial score (nSPS) is 17.2. The minimum Gasteiger partial charge on any atom is -0.492 e. The molecule has 0 radical (unpaired) electrons. The van der Waals surface area contributed by atoms with Crippen molar-refractivity contribution in [2.75, 3.05) is 25.4 Å². The number of nitrogens with zero attached hydrogens (tertiary/aromatic N) is 1. The lowest BCUT2D eigenvalue weighted by Crippen LogP contribution is -2.35. The SMILES string of the molecule is CCC1(CC)CN=C(NCCOc2cccc(C)c2)SC1. The maximum atomic E-state index is 5.73. The summed E-state index contributed by atoms with van der Waals surface area (Å²) < 4.78 is 5.73. The van der Waals surface area contributed by atoms with E-state index >= 15 is 0 Å². The van der Waals surface area contributed by atoms with Gasteiger partial charge in [-0.3, -0.25) is 4.99 Å². The van der Waals surface area contributed by atoms with Gasteiger partial charge in [-0.25, -0.2) is 0 Å². The Bertz CT molecular complexity index is 483. The summed E-state index contributed by atoms with van der Waals surface area (Å²) in [4.78, 5) is 4.70. The zero-order valence-electron chi connectivity index (χ0n) is 13.3. The van der Waals surface area contributed by atoms with Gasteiger partial charge in [-0.15, -0.1) is 0 Å². The fourth-order valence-corrected chi connectivity index (χ4v) is 3.67. The molecule has 116 valence electrons. The number of hydrogen-bond acceptors (Lipinski definition) is 4. The second-order valence-corrected chi connectivity index (χ2v) is 6.67. The monoisotopic (exact) mass is 306 g/mol. The van der Waals surface area contributed by atoms with Gasteiger partial charge in [0.2, 0.25) is 0 Å². The Labute approximate surface area is 132 Å². The molecule has 4 heteroatoms. The fourth-order valence-electron chi connectivity index (χ4n) is 2.37. The maximum absolute atomic E-state index is 5.73. The van der Waals surface area contributed by atoms with E-state index in [1.807, 2.05) is 23.9 Å². The predicted molar refractivity (Wildman–Crippen MR) is 92.5 cm³/mol. The van der Waals surface area contributed by atoms with Crippen molar-refractivity contribution in [3.05, 3.63) is 29.8 Å². The third kappa shape index (κ3) is 4.67. The predicted octanol–water partition coefficient (Wildman–Crippen LogP) is 3.87. The molecule has 0 fully saturated rings. The average Bonchev–Trinajstić information content (AvgIpc) is 2.52. The maximum Gasteiger partial charge on any atom is 0.156 e. The van der Waals surface area contributed by atoms with Crippen molar-refractivity contribution >= 4 is 16.9 Å². The van der Waals surface area contributed by atoms with Crippen molar-refractivity contribution in [1.82, 2.24) is 5.32 Å². The molecule has 1 aromatic rings. The molecule has 0 saturated heterocycles. The summed E-state index contributed by atoms with van der Waals surface area (Å²) in [7, 11) is 0. The molecule has 0 unspecified atom stereocenters. The third-order valence-corrected chi connectivity index (χ3v) is 5.51. The van der Waals surface area contributed by atoms with Crippen LogP contribution >= 0.6 is 11.8 Å². The van der Waals surface area contributed by atoms with Crippen LogP contribution < -0.4 is 10.1 Å². The molecule has 1 aromatic carbocycles. The van der Waals surface area contributed by atoms with E-state index in [-0.39, 0.29) is 0 Å². The second kappa shape index (κ2) is 7.74. The van der Waals surface area contributed by atoms with Crippen molar-refractivity contribution in [2.45, 2.75) is 33.6 Å². The number of benzene rings is 1. The largest absolute Gasteiger partial charge is 0.492 e. The number of amidine groups is 1. The molecule has 2 rings (SSSR count). The summed E-state index contributed by atoms with van der Waals surface area (Å²) in [6.07, 6.45) is 2.42. The molecule has 1 N–H and O–H groups in total. The van der Waals surface area contributed by atoms with Crippen LogP contribution in [0.25, 0.3) is 0 Å². The first-order chi connectivity index (χ1) is 10.2. The first-order valence-electron chi connectivity index (χ1n) is 7.78. The molecule has 0 atom stereocenters. The van der Waals surface area contributed by atoms with E-state index in [2.05, 4.69) is 38.2 Å². The van der Waals surface area contributed by atoms with Crippen molar-refractivity contribution in [1.29, 1.82) is 0 Å². The number of thioether (sulfide) groups is 1. The van der Waals surface area contributed by atoms with Gasteiger partial charge in [-0.1, -0.05) is 37.7 Å². The van der Waals surface area contributed by atoms with E-state index in [1.54, 1.807) is 0 Å². The highest BCUT2D eigenvalue weighted by Crippen LogP contribution is 2.34. The van der Waals surface area contributed by atoms with E-state index in [1.165, 1.54) is 24.2 Å². The standard InChI is InChI=1S/C17H26N2OS/c1-4-17(5-2)12-19-16(21-13-17)18-9-10-20-15-8-6-7-14(3)11-15/h6-8,11H,4-5,9-10,12-13H2,1-3H3,(H,18,19). The lowest BCUT2D eigenvalue weighted by atomic mass is 9.84. The van der Waals surface area contributed by atoms with Gasteiger partial charge >= 0.3 is 0 Å². The minimum atomic E-state index is 0.411. The van der Waals surface area contributed by atoms with Gasteiger partial charge in [-0.2, -0.15) is 0 Å². The van der Waals surface area contributed by atoms with Gasteiger partial charge in [0.25, 0.3) is 0 Å². The van der Waals surface area contributed by atoms with Crippen LogP contribution in [0.4, 0.5) is 0 Å². The quantitative estimate of drug-likeness (QED) is 0.810. The molecule has 0 spiro atoms. The van der Waals surface area contributed by atoms with Gasteiger partial charge in [-0.05, 0) is 42.9 Å². The third-order valence-electron chi connectivity index (χ3n) is 4.21. The highest BCUT2D eigenvalue weighted by Gasteiger charge is 2.29. The molecule has 0 amide bonds. The second-order valence-electron chi connectivity index (χ2n) is 5.71. The van der Waals surface area contributed by atoms with E-state index in [9.17, 15) is 0 Å². The van der Waals surface area contributed by atoms with Crippen LogP contribution in [-0.2, 0) is 0 Å². The molecular weight excluding hydrogens is 280 g/mol. The zero-order chi connectivity index (χ0) is 15.1. The topological polar surface area (TPSA) is 33.6 Å². The minimum absolute atomic E-state index is 0.411. The summed E-state index contributed by atoms with van der Waals surface area (Å²) in [6.45, 7) is 9.03. The highest BCUT2D eigenvalue weighted by molar-refractivity contribution is 8.13. The van der Waals surface area contributed by atoms with Gasteiger partial charge in [0, 0.05) is 12.3 Å². The molecule has 1 aliphatic rings. The van der Waals surface area contributed by atoms with E-state index in [0.717, 1.165) is 24.0 Å². The first-order valence-corrected chi connectivity index (χ1v) is 8.76. The zero-order valence-corrected chi connectivity index (χ0v) is 14.1. The van der Waals surface area contributed by atoms with Gasteiger partial charge in [0.15, 0.2) is 5.17 Å². The Morgan fingerprint density at radius 2 is 2.14 bits per heavy atom. The van der Waals surface area contributed by atoms with Gasteiger partial charge in [0.05, 0.1) is 6.54 Å². The summed E-state index contributed by atoms with van der Waals surface area (Å²) in [5.74, 6) is 2.11. The first kappa shape index (κ1) is 16.2. The smallest absolute Gasteiger partial charge is 0.156 e. The molecular formula is C17H26N2OS. The van der Waals surface area contributed by atoms with Crippen LogP contribution in [0.1, 0.15) is 32.3 Å². The van der Waals surface area contributed by atoms with Crippen LogP contribution in [0.15, 0.2) is 29.3 Å². The van der Waals surface area contributed by atoms with E-state index in [0.29, 0.717) is 12.0 Å². The molecule has 21 heavy (non-hydrogen) atoms. The number of hydrogen-bond donors (Lipinski definition) is 1. The molecule has 0 saturated carbocycles. The Balaban J connectivity index is 1.71. The molecule has 1 aliphatic heterocycles. The fraction of sp³-hybridized carbons (Fsp3) is 0.588. The van der Waals surface area contributed by atoms with Crippen LogP contribution in [0.3, 0.4) is 0 Å². The highest BCUT2D eigenvalue weighted by atomic mass is 32.2. The average molecular weight is 306 g/mol. The van der Waals surface area contributed by atoms with Crippen LogP contribution in [-0.4, -0.2) is 30.6 Å². The lowest BCUT2D eigenvalue weighted by molar-refractivity contribution is 0.315. The van der Waals surface area contributed by atoms with Crippen molar-refractivity contribution in [3.63, 3.8) is 0 Å². The number of aliphatic imine (C=N–C) groups is 1. The Kier molecular flexibility index (Phi) is 5.97. The summed E-state index contributed by atoms with van der Waals surface area (Å²) in [5, 5.41) is 4.45. The number of rotatable bonds is 6. The Hall–Kier alpha value is -1.16. The number of aryl methyl sites for hydroxylation is 1. The van der Waals surface area contributed by atoms with Gasteiger partial charge in [0.1, 0.15) is 12.4 Å².